The Bertz CT molecular complexity index is 396. The Morgan fingerprint density at radius 2 is 2.11 bits per heavy atom. The second kappa shape index (κ2) is 6.24. The zero-order valence-electron chi connectivity index (χ0n) is 10.0. The molecule has 0 radical (unpaired) electrons. The average molecular weight is 283 g/mol. The lowest BCUT2D eigenvalue weighted by molar-refractivity contribution is -0.137. The summed E-state index contributed by atoms with van der Waals surface area (Å²) in [5, 5.41) is 2.75. The molecule has 7 heteroatoms. The summed E-state index contributed by atoms with van der Waals surface area (Å²) in [6, 6.07) is 0.847. The predicted octanol–water partition coefficient (Wildman–Crippen LogP) is 3.59. The van der Waals surface area contributed by atoms with Crippen LogP contribution in [0, 0.1) is 0 Å². The first-order valence-electron chi connectivity index (χ1n) is 5.39. The molecule has 0 atom stereocenters. The molecule has 0 aliphatic carbocycles. The van der Waals surface area contributed by atoms with E-state index in [0.717, 1.165) is 12.3 Å². The van der Waals surface area contributed by atoms with Gasteiger partial charge in [-0.2, -0.15) is 13.2 Å². The van der Waals surface area contributed by atoms with Gasteiger partial charge < -0.3 is 10.1 Å². The molecule has 1 aromatic heterocycles. The number of hydrogen-bond acceptors (Lipinski definition) is 3. The molecule has 18 heavy (non-hydrogen) atoms. The normalized spacial score (nSPS) is 11.9. The van der Waals surface area contributed by atoms with Crippen LogP contribution in [0.25, 0.3) is 0 Å². The van der Waals surface area contributed by atoms with Crippen LogP contribution in [0.2, 0.25) is 5.02 Å². The Morgan fingerprint density at radius 3 is 2.61 bits per heavy atom. The lowest BCUT2D eigenvalue weighted by atomic mass is 10.3. The molecule has 0 aliphatic heterocycles. The van der Waals surface area contributed by atoms with Gasteiger partial charge in [0.05, 0.1) is 23.3 Å². The van der Waals surface area contributed by atoms with E-state index in [1.807, 2.05) is 13.8 Å². The summed E-state index contributed by atoms with van der Waals surface area (Å²) in [7, 11) is 0. The van der Waals surface area contributed by atoms with Crippen LogP contribution in [0.1, 0.15) is 19.4 Å². The molecule has 0 fully saturated rings. The topological polar surface area (TPSA) is 34.1 Å². The number of hydrogen-bond donors (Lipinski definition) is 1. The molecular formula is C11H14ClF3N2O. The third-order valence-electron chi connectivity index (χ3n) is 2.01. The van der Waals surface area contributed by atoms with Crippen molar-refractivity contribution in [1.29, 1.82) is 0 Å². The molecule has 1 N–H and O–H groups in total. The number of ether oxygens (including phenoxy) is 1. The summed E-state index contributed by atoms with van der Waals surface area (Å²) in [5.41, 5.74) is -0.864. The SMILES string of the molecule is CC(C)OCCNc1ncc(C(F)(F)F)cc1Cl. The summed E-state index contributed by atoms with van der Waals surface area (Å²) < 4.78 is 42.3. The fraction of sp³-hybridized carbons (Fsp3) is 0.545. The first-order chi connectivity index (χ1) is 8.30. The number of pyridine rings is 1. The van der Waals surface area contributed by atoms with Crippen LogP contribution in [0.15, 0.2) is 12.3 Å². The van der Waals surface area contributed by atoms with Crippen molar-refractivity contribution in [2.75, 3.05) is 18.5 Å². The van der Waals surface area contributed by atoms with Gasteiger partial charge in [-0.3, -0.25) is 0 Å². The van der Waals surface area contributed by atoms with Crippen molar-refractivity contribution < 1.29 is 17.9 Å². The fourth-order valence-electron chi connectivity index (χ4n) is 1.19. The molecule has 0 spiro atoms. The van der Waals surface area contributed by atoms with Crippen LogP contribution in [-0.4, -0.2) is 24.2 Å². The van der Waals surface area contributed by atoms with Gasteiger partial charge >= 0.3 is 6.18 Å². The monoisotopic (exact) mass is 282 g/mol. The number of nitrogens with zero attached hydrogens (tertiary/aromatic N) is 1. The van der Waals surface area contributed by atoms with Gasteiger partial charge in [0.15, 0.2) is 0 Å². The van der Waals surface area contributed by atoms with Crippen molar-refractivity contribution in [2.45, 2.75) is 26.1 Å². The van der Waals surface area contributed by atoms with E-state index in [-0.39, 0.29) is 16.9 Å². The van der Waals surface area contributed by atoms with Crippen molar-refractivity contribution in [1.82, 2.24) is 4.98 Å². The number of halogens is 4. The highest BCUT2D eigenvalue weighted by Gasteiger charge is 2.31. The minimum Gasteiger partial charge on any atom is -0.377 e. The number of nitrogens with one attached hydrogen (secondary N) is 1. The second-order valence-electron chi connectivity index (χ2n) is 3.90. The van der Waals surface area contributed by atoms with Gasteiger partial charge in [-0.1, -0.05) is 11.6 Å². The Kier molecular flexibility index (Phi) is 5.22. The summed E-state index contributed by atoms with van der Waals surface area (Å²) in [4.78, 5) is 3.64. The molecule has 0 bridgehead atoms. The molecule has 0 saturated carbocycles. The van der Waals surface area contributed by atoms with Crippen LogP contribution in [0.4, 0.5) is 19.0 Å². The van der Waals surface area contributed by atoms with Gasteiger partial charge in [0.1, 0.15) is 5.82 Å². The number of anilines is 1. The molecule has 1 heterocycles. The van der Waals surface area contributed by atoms with Crippen molar-refractivity contribution in [3.05, 3.63) is 22.8 Å². The molecule has 0 amide bonds. The van der Waals surface area contributed by atoms with Gasteiger partial charge in [0, 0.05) is 12.7 Å². The lowest BCUT2D eigenvalue weighted by Gasteiger charge is -2.11. The van der Waals surface area contributed by atoms with Crippen molar-refractivity contribution in [3.63, 3.8) is 0 Å². The standard InChI is InChI=1S/C11H14ClF3N2O/c1-7(2)18-4-3-16-10-9(12)5-8(6-17-10)11(13,14)15/h5-7H,3-4H2,1-2H3,(H,16,17). The molecule has 0 aliphatic rings. The third kappa shape index (κ3) is 4.70. The largest absolute Gasteiger partial charge is 0.417 e. The Balaban J connectivity index is 2.58. The summed E-state index contributed by atoms with van der Waals surface area (Å²) in [6.45, 7) is 4.64. The maximum Gasteiger partial charge on any atom is 0.417 e. The van der Waals surface area contributed by atoms with Crippen LogP contribution in [0.3, 0.4) is 0 Å². The van der Waals surface area contributed by atoms with E-state index in [9.17, 15) is 13.2 Å². The molecule has 1 aromatic rings. The van der Waals surface area contributed by atoms with E-state index in [1.165, 1.54) is 0 Å². The third-order valence-corrected chi connectivity index (χ3v) is 2.30. The van der Waals surface area contributed by atoms with Gasteiger partial charge in [0.2, 0.25) is 0 Å². The van der Waals surface area contributed by atoms with E-state index in [4.69, 9.17) is 16.3 Å². The van der Waals surface area contributed by atoms with Crippen LogP contribution in [0.5, 0.6) is 0 Å². The fourth-order valence-corrected chi connectivity index (χ4v) is 1.42. The maximum atomic E-state index is 12.4. The van der Waals surface area contributed by atoms with E-state index < -0.39 is 11.7 Å². The van der Waals surface area contributed by atoms with Crippen LogP contribution < -0.4 is 5.32 Å². The van der Waals surface area contributed by atoms with Crippen LogP contribution in [-0.2, 0) is 10.9 Å². The lowest BCUT2D eigenvalue weighted by Crippen LogP contribution is -2.14. The Morgan fingerprint density at radius 1 is 1.44 bits per heavy atom. The zero-order valence-corrected chi connectivity index (χ0v) is 10.8. The number of rotatable bonds is 5. The van der Waals surface area contributed by atoms with E-state index in [1.54, 1.807) is 0 Å². The average Bonchev–Trinajstić information content (AvgIpc) is 2.24. The van der Waals surface area contributed by atoms with Crippen molar-refractivity contribution in [2.24, 2.45) is 0 Å². The summed E-state index contributed by atoms with van der Waals surface area (Å²) in [6.07, 6.45) is -3.59. The highest BCUT2D eigenvalue weighted by atomic mass is 35.5. The zero-order chi connectivity index (χ0) is 13.8. The minimum absolute atomic E-state index is 0.0608. The predicted molar refractivity (Wildman–Crippen MR) is 63.8 cm³/mol. The number of alkyl halides is 3. The van der Waals surface area contributed by atoms with Gasteiger partial charge in [-0.05, 0) is 19.9 Å². The number of aromatic nitrogens is 1. The smallest absolute Gasteiger partial charge is 0.377 e. The van der Waals surface area contributed by atoms with E-state index in [2.05, 4.69) is 10.3 Å². The second-order valence-corrected chi connectivity index (χ2v) is 4.31. The van der Waals surface area contributed by atoms with Crippen molar-refractivity contribution in [3.8, 4) is 0 Å². The van der Waals surface area contributed by atoms with E-state index in [0.29, 0.717) is 13.2 Å². The first-order valence-corrected chi connectivity index (χ1v) is 5.76. The Hall–Kier alpha value is -1.01. The molecule has 0 saturated heterocycles. The molecule has 3 nitrogen and oxygen atoms in total. The first kappa shape index (κ1) is 15.0. The maximum absolute atomic E-state index is 12.4. The highest BCUT2D eigenvalue weighted by Crippen LogP contribution is 2.32. The van der Waals surface area contributed by atoms with Crippen LogP contribution >= 0.6 is 11.6 Å². The van der Waals surface area contributed by atoms with Gasteiger partial charge in [-0.25, -0.2) is 4.98 Å². The summed E-state index contributed by atoms with van der Waals surface area (Å²) in [5.74, 6) is 0.219. The van der Waals surface area contributed by atoms with E-state index >= 15 is 0 Å². The minimum atomic E-state index is -4.43. The Labute approximate surface area is 108 Å². The van der Waals surface area contributed by atoms with Crippen molar-refractivity contribution >= 4 is 17.4 Å². The van der Waals surface area contributed by atoms with Gasteiger partial charge in [-0.15, -0.1) is 0 Å². The molecule has 102 valence electrons. The molecule has 0 unspecified atom stereocenters. The molecule has 1 rings (SSSR count). The molecule has 0 aromatic carbocycles. The molecular weight excluding hydrogens is 269 g/mol. The van der Waals surface area contributed by atoms with Gasteiger partial charge in [0.25, 0.3) is 0 Å². The summed E-state index contributed by atoms with van der Waals surface area (Å²) >= 11 is 5.71. The quantitative estimate of drug-likeness (QED) is 0.838. The highest BCUT2D eigenvalue weighted by molar-refractivity contribution is 6.32.